The molecule has 5 rings (SSSR count). The zero-order valence-corrected chi connectivity index (χ0v) is 25.2. The number of carbonyl (C=O) groups excluding carboxylic acids is 2. The van der Waals surface area contributed by atoms with Crippen LogP contribution in [0, 0.1) is 12.8 Å². The minimum atomic E-state index is -4.64. The van der Waals surface area contributed by atoms with Gasteiger partial charge < -0.3 is 14.4 Å². The summed E-state index contributed by atoms with van der Waals surface area (Å²) in [6.45, 7) is 2.88. The Morgan fingerprint density at radius 1 is 1.00 bits per heavy atom. The van der Waals surface area contributed by atoms with Gasteiger partial charge in [-0.3, -0.25) is 9.59 Å². The molecule has 1 atom stereocenters. The van der Waals surface area contributed by atoms with Gasteiger partial charge in [-0.05, 0) is 73.9 Å². The summed E-state index contributed by atoms with van der Waals surface area (Å²) in [5.41, 5.74) is 0.190. The summed E-state index contributed by atoms with van der Waals surface area (Å²) in [5.74, 6) is -0.955. The molecule has 0 aliphatic carbocycles. The zero-order valence-electron chi connectivity index (χ0n) is 23.6. The summed E-state index contributed by atoms with van der Waals surface area (Å²) in [7, 11) is -4.08. The Bertz CT molecular complexity index is 1690. The highest BCUT2D eigenvalue weighted by atomic mass is 32.2. The van der Waals surface area contributed by atoms with Gasteiger partial charge in [0, 0.05) is 29.0 Å². The van der Waals surface area contributed by atoms with Gasteiger partial charge in [0.2, 0.25) is 11.8 Å². The molecule has 3 aromatic carbocycles. The number of halogens is 3. The average Bonchev–Trinajstić information content (AvgIpc) is 3.00. The van der Waals surface area contributed by atoms with Crippen molar-refractivity contribution in [2.24, 2.45) is 5.92 Å². The minimum Gasteiger partial charge on any atom is -0.486 e. The molecule has 8 nitrogen and oxygen atoms in total. The van der Waals surface area contributed by atoms with E-state index in [1.54, 1.807) is 30.3 Å². The number of fused-ring (bicyclic) bond motifs is 1. The third-order valence-corrected chi connectivity index (χ3v) is 9.57. The molecule has 1 fully saturated rings. The van der Waals surface area contributed by atoms with E-state index in [2.05, 4.69) is 4.72 Å². The van der Waals surface area contributed by atoms with Crippen molar-refractivity contribution in [1.29, 1.82) is 0 Å². The van der Waals surface area contributed by atoms with Crippen LogP contribution in [0.25, 0.3) is 6.08 Å². The number of nitrogens with zero attached hydrogens (tertiary/aromatic N) is 1. The molecule has 2 heterocycles. The van der Waals surface area contributed by atoms with Crippen molar-refractivity contribution in [1.82, 2.24) is 9.62 Å². The lowest BCUT2D eigenvalue weighted by atomic mass is 9.97. The Balaban J connectivity index is 1.25. The van der Waals surface area contributed by atoms with E-state index in [4.69, 9.17) is 9.47 Å². The first-order chi connectivity index (χ1) is 20.9. The van der Waals surface area contributed by atoms with Gasteiger partial charge >= 0.3 is 6.18 Å². The summed E-state index contributed by atoms with van der Waals surface area (Å²) >= 11 is 0.940. The second-order valence-corrected chi connectivity index (χ2v) is 13.2. The van der Waals surface area contributed by atoms with E-state index in [-0.39, 0.29) is 21.9 Å². The van der Waals surface area contributed by atoms with Gasteiger partial charge in [0.15, 0.2) is 11.5 Å². The highest BCUT2D eigenvalue weighted by Gasteiger charge is 2.34. The fourth-order valence-corrected chi connectivity index (χ4v) is 6.85. The SMILES string of the molecule is Cc1ccc(S(=O)(=O)NC(=O)C2CCCN(C(=O)/C=C/c3ccc(Sc4ccc5c(c4)OCCO5)c(C(F)(F)F)c3)C2)cc1. The average molecular weight is 647 g/mol. The Labute approximate surface area is 257 Å². The topological polar surface area (TPSA) is 102 Å². The lowest BCUT2D eigenvalue weighted by Gasteiger charge is -2.31. The third-order valence-electron chi connectivity index (χ3n) is 7.14. The highest BCUT2D eigenvalue weighted by Crippen LogP contribution is 2.42. The molecule has 0 radical (unpaired) electrons. The van der Waals surface area contributed by atoms with Crippen molar-refractivity contribution >= 4 is 39.7 Å². The second-order valence-electron chi connectivity index (χ2n) is 10.4. The molecule has 0 spiro atoms. The number of benzene rings is 3. The number of rotatable bonds is 7. The molecule has 2 aliphatic rings. The van der Waals surface area contributed by atoms with Crippen LogP contribution in [-0.2, 0) is 25.8 Å². The Morgan fingerprint density at radius 3 is 2.45 bits per heavy atom. The highest BCUT2D eigenvalue weighted by molar-refractivity contribution is 7.99. The molecule has 1 saturated heterocycles. The van der Waals surface area contributed by atoms with Gasteiger partial charge in [-0.2, -0.15) is 13.2 Å². The first-order valence-corrected chi connectivity index (χ1v) is 16.1. The van der Waals surface area contributed by atoms with Crippen molar-refractivity contribution in [3.63, 3.8) is 0 Å². The van der Waals surface area contributed by atoms with Crippen molar-refractivity contribution in [2.45, 2.75) is 40.6 Å². The van der Waals surface area contributed by atoms with Crippen molar-refractivity contribution in [3.05, 3.63) is 83.4 Å². The molecule has 232 valence electrons. The minimum absolute atomic E-state index is 0.0110. The van der Waals surface area contributed by atoms with Gasteiger partial charge in [-0.15, -0.1) is 0 Å². The molecule has 13 heteroatoms. The molecule has 1 N–H and O–H groups in total. The van der Waals surface area contributed by atoms with Gasteiger partial charge in [-0.25, -0.2) is 13.1 Å². The number of sulfonamides is 1. The molecule has 1 unspecified atom stereocenters. The maximum atomic E-state index is 14.0. The standard InChI is InChI=1S/C31H29F3N2O6S2/c1-20-4-9-24(10-5-20)44(39,40)35-30(38)22-3-2-14-36(19-22)29(37)13-7-21-6-12-28(25(17-21)31(32,33)34)43-23-8-11-26-27(18-23)42-16-15-41-26/h4-13,17-18,22H,2-3,14-16,19H2,1H3,(H,35,38)/b13-7+. The van der Waals surface area contributed by atoms with Crippen molar-refractivity contribution < 1.29 is 40.7 Å². The maximum absolute atomic E-state index is 14.0. The summed E-state index contributed by atoms with van der Waals surface area (Å²) in [6, 6.07) is 14.8. The first-order valence-electron chi connectivity index (χ1n) is 13.8. The van der Waals surface area contributed by atoms with E-state index < -0.39 is 39.5 Å². The molecule has 2 aliphatic heterocycles. The quantitative estimate of drug-likeness (QED) is 0.329. The molecule has 3 aromatic rings. The number of alkyl halides is 3. The largest absolute Gasteiger partial charge is 0.486 e. The number of likely N-dealkylation sites (tertiary alicyclic amines) is 1. The van der Waals surface area contributed by atoms with Crippen LogP contribution >= 0.6 is 11.8 Å². The first kappa shape index (κ1) is 31.5. The summed E-state index contributed by atoms with van der Waals surface area (Å²) in [6.07, 6.45) is -1.34. The number of ether oxygens (including phenoxy) is 2. The Kier molecular flexibility index (Phi) is 9.26. The van der Waals surface area contributed by atoms with Crippen LogP contribution in [0.1, 0.15) is 29.5 Å². The van der Waals surface area contributed by atoms with Crippen LogP contribution in [-0.4, -0.2) is 51.4 Å². The van der Waals surface area contributed by atoms with Crippen LogP contribution in [0.5, 0.6) is 11.5 Å². The Morgan fingerprint density at radius 2 is 1.73 bits per heavy atom. The number of nitrogens with one attached hydrogen (secondary N) is 1. The normalized spacial score (nSPS) is 17.0. The molecule has 0 aromatic heterocycles. The number of hydrogen-bond donors (Lipinski definition) is 1. The van der Waals surface area contributed by atoms with Gasteiger partial charge in [0.25, 0.3) is 10.0 Å². The van der Waals surface area contributed by atoms with E-state index in [0.717, 1.165) is 29.5 Å². The number of amides is 2. The van der Waals surface area contributed by atoms with Crippen LogP contribution in [0.4, 0.5) is 13.2 Å². The number of piperidine rings is 1. The lowest BCUT2D eigenvalue weighted by Crippen LogP contribution is -2.46. The molecule has 44 heavy (non-hydrogen) atoms. The third kappa shape index (κ3) is 7.56. The fourth-order valence-electron chi connectivity index (χ4n) is 4.83. The molecule has 2 amide bonds. The second kappa shape index (κ2) is 12.9. The monoisotopic (exact) mass is 646 g/mol. The Hall–Kier alpha value is -3.97. The van der Waals surface area contributed by atoms with E-state index >= 15 is 0 Å². The van der Waals surface area contributed by atoms with Crippen LogP contribution < -0.4 is 14.2 Å². The predicted octanol–water partition coefficient (Wildman–Crippen LogP) is 5.69. The number of hydrogen-bond acceptors (Lipinski definition) is 7. The predicted molar refractivity (Wildman–Crippen MR) is 158 cm³/mol. The van der Waals surface area contributed by atoms with Crippen LogP contribution in [0.3, 0.4) is 0 Å². The van der Waals surface area contributed by atoms with E-state index in [9.17, 15) is 31.2 Å². The van der Waals surface area contributed by atoms with Gasteiger partial charge in [0.1, 0.15) is 13.2 Å². The van der Waals surface area contributed by atoms with E-state index in [1.165, 1.54) is 35.2 Å². The maximum Gasteiger partial charge on any atom is 0.417 e. The summed E-state index contributed by atoms with van der Waals surface area (Å²) in [5, 5.41) is 0. The van der Waals surface area contributed by atoms with E-state index in [0.29, 0.717) is 49.0 Å². The van der Waals surface area contributed by atoms with E-state index in [1.807, 2.05) is 6.92 Å². The van der Waals surface area contributed by atoms with Gasteiger partial charge in [-0.1, -0.05) is 35.5 Å². The molecular formula is C31H29F3N2O6S2. The molecule has 0 bridgehead atoms. The number of carbonyl (C=O) groups is 2. The van der Waals surface area contributed by atoms with Crippen molar-refractivity contribution in [3.8, 4) is 11.5 Å². The molecular weight excluding hydrogens is 617 g/mol. The van der Waals surface area contributed by atoms with Gasteiger partial charge in [0.05, 0.1) is 16.4 Å². The smallest absolute Gasteiger partial charge is 0.417 e. The summed E-state index contributed by atoms with van der Waals surface area (Å²) in [4.78, 5) is 27.6. The fraction of sp³-hybridized carbons (Fsp3) is 0.290. The molecule has 0 saturated carbocycles. The number of aryl methyl sites for hydroxylation is 1. The summed E-state index contributed by atoms with van der Waals surface area (Å²) < 4.78 is 80.4. The van der Waals surface area contributed by atoms with Crippen molar-refractivity contribution in [2.75, 3.05) is 26.3 Å². The lowest BCUT2D eigenvalue weighted by molar-refractivity contribution is -0.139. The zero-order chi connectivity index (χ0) is 31.5. The van der Waals surface area contributed by atoms with Crippen LogP contribution in [0.15, 0.2) is 81.4 Å². The van der Waals surface area contributed by atoms with Crippen LogP contribution in [0.2, 0.25) is 0 Å².